The molecule has 0 saturated heterocycles. The third-order valence-electron chi connectivity index (χ3n) is 4.00. The quantitative estimate of drug-likeness (QED) is 0.806. The number of hydrogen-bond acceptors (Lipinski definition) is 2. The molecule has 1 aliphatic rings. The standard InChI is InChI=1S/C20H19ClN2O/c1-2-14-3-5-16(6-4-14)13-18-20(24)23-19(22-18)12-9-15-7-10-17(21)11-8-15/h3-8,10-11,13H,2,9,12H2,1H3,(H,22,23,24)/b18-13+. The fourth-order valence-corrected chi connectivity index (χ4v) is 2.68. The number of aryl methyl sites for hydroxylation is 2. The van der Waals surface area contributed by atoms with Crippen LogP contribution in [0.5, 0.6) is 0 Å². The third kappa shape index (κ3) is 4.12. The lowest BCUT2D eigenvalue weighted by Crippen LogP contribution is -2.24. The number of carbonyl (C=O) groups is 1. The van der Waals surface area contributed by atoms with Gasteiger partial charge in [0.05, 0.1) is 0 Å². The number of amidine groups is 1. The Kier molecular flexibility index (Phi) is 5.11. The van der Waals surface area contributed by atoms with E-state index >= 15 is 0 Å². The van der Waals surface area contributed by atoms with Crippen LogP contribution in [0.3, 0.4) is 0 Å². The number of carbonyl (C=O) groups excluding carboxylic acids is 1. The van der Waals surface area contributed by atoms with E-state index in [4.69, 9.17) is 11.6 Å². The highest BCUT2D eigenvalue weighted by molar-refractivity contribution is 6.30. The Morgan fingerprint density at radius 3 is 2.33 bits per heavy atom. The van der Waals surface area contributed by atoms with Crippen molar-refractivity contribution < 1.29 is 4.79 Å². The summed E-state index contributed by atoms with van der Waals surface area (Å²) in [5.41, 5.74) is 3.90. The van der Waals surface area contributed by atoms with Gasteiger partial charge in [-0.2, -0.15) is 0 Å². The summed E-state index contributed by atoms with van der Waals surface area (Å²) in [7, 11) is 0. The monoisotopic (exact) mass is 338 g/mol. The average molecular weight is 339 g/mol. The van der Waals surface area contributed by atoms with Gasteiger partial charge in [0.25, 0.3) is 5.91 Å². The van der Waals surface area contributed by atoms with Crippen molar-refractivity contribution in [1.82, 2.24) is 5.32 Å². The van der Waals surface area contributed by atoms with Gasteiger partial charge in [0, 0.05) is 11.4 Å². The van der Waals surface area contributed by atoms with Gasteiger partial charge in [0.2, 0.25) is 0 Å². The summed E-state index contributed by atoms with van der Waals surface area (Å²) in [6.45, 7) is 2.12. The van der Waals surface area contributed by atoms with Gasteiger partial charge < -0.3 is 5.32 Å². The Morgan fingerprint density at radius 2 is 1.67 bits per heavy atom. The zero-order valence-electron chi connectivity index (χ0n) is 13.6. The summed E-state index contributed by atoms with van der Waals surface area (Å²) in [5.74, 6) is 0.576. The van der Waals surface area contributed by atoms with Gasteiger partial charge in [0.1, 0.15) is 11.5 Å². The highest BCUT2D eigenvalue weighted by atomic mass is 35.5. The molecule has 1 aliphatic heterocycles. The number of nitrogens with one attached hydrogen (secondary N) is 1. The zero-order valence-corrected chi connectivity index (χ0v) is 14.3. The molecule has 2 aromatic carbocycles. The normalized spacial score (nSPS) is 15.5. The molecule has 1 heterocycles. The maximum atomic E-state index is 12.1. The second-order valence-electron chi connectivity index (χ2n) is 5.76. The highest BCUT2D eigenvalue weighted by Crippen LogP contribution is 2.16. The van der Waals surface area contributed by atoms with Crippen molar-refractivity contribution >= 4 is 29.4 Å². The van der Waals surface area contributed by atoms with E-state index < -0.39 is 0 Å². The van der Waals surface area contributed by atoms with Crippen LogP contribution in [0.4, 0.5) is 0 Å². The van der Waals surface area contributed by atoms with E-state index in [0.29, 0.717) is 18.0 Å². The fourth-order valence-electron chi connectivity index (χ4n) is 2.56. The van der Waals surface area contributed by atoms with Crippen LogP contribution in [0.2, 0.25) is 5.02 Å². The second-order valence-corrected chi connectivity index (χ2v) is 6.20. The molecule has 24 heavy (non-hydrogen) atoms. The molecule has 122 valence electrons. The summed E-state index contributed by atoms with van der Waals surface area (Å²) >= 11 is 5.88. The summed E-state index contributed by atoms with van der Waals surface area (Å²) in [6.07, 6.45) is 4.34. The summed E-state index contributed by atoms with van der Waals surface area (Å²) in [5, 5.41) is 3.57. The van der Waals surface area contributed by atoms with Crippen LogP contribution in [-0.2, 0) is 17.6 Å². The minimum Gasteiger partial charge on any atom is -0.309 e. The van der Waals surface area contributed by atoms with Crippen LogP contribution >= 0.6 is 11.6 Å². The smallest absolute Gasteiger partial charge is 0.275 e. The molecule has 0 atom stereocenters. The molecule has 0 aromatic heterocycles. The van der Waals surface area contributed by atoms with Gasteiger partial charge in [-0.3, -0.25) is 4.79 Å². The minimum absolute atomic E-state index is 0.138. The predicted molar refractivity (Wildman–Crippen MR) is 99.1 cm³/mol. The van der Waals surface area contributed by atoms with E-state index in [9.17, 15) is 4.79 Å². The molecule has 0 fully saturated rings. The Balaban J connectivity index is 1.67. The molecule has 0 unspecified atom stereocenters. The van der Waals surface area contributed by atoms with Crippen LogP contribution in [-0.4, -0.2) is 11.7 Å². The Bertz CT molecular complexity index is 789. The van der Waals surface area contributed by atoms with E-state index in [2.05, 4.69) is 29.4 Å². The molecule has 0 saturated carbocycles. The van der Waals surface area contributed by atoms with Gasteiger partial charge in [-0.15, -0.1) is 0 Å². The highest BCUT2D eigenvalue weighted by Gasteiger charge is 2.19. The number of halogens is 1. The summed E-state index contributed by atoms with van der Waals surface area (Å²) < 4.78 is 0. The SMILES string of the molecule is CCc1ccc(/C=C2/N=C(CCc3ccc(Cl)cc3)NC2=O)cc1. The van der Waals surface area contributed by atoms with Crippen molar-refractivity contribution in [1.29, 1.82) is 0 Å². The Labute approximate surface area is 147 Å². The van der Waals surface area contributed by atoms with E-state index in [-0.39, 0.29) is 5.91 Å². The van der Waals surface area contributed by atoms with E-state index in [0.717, 1.165) is 23.4 Å². The predicted octanol–water partition coefficient (Wildman–Crippen LogP) is 4.40. The molecule has 1 amide bonds. The van der Waals surface area contributed by atoms with E-state index in [1.165, 1.54) is 11.1 Å². The van der Waals surface area contributed by atoms with Gasteiger partial charge in [-0.25, -0.2) is 4.99 Å². The largest absolute Gasteiger partial charge is 0.309 e. The van der Waals surface area contributed by atoms with Gasteiger partial charge >= 0.3 is 0 Å². The lowest BCUT2D eigenvalue weighted by atomic mass is 10.1. The first-order valence-electron chi connectivity index (χ1n) is 8.08. The van der Waals surface area contributed by atoms with Gasteiger partial charge in [-0.05, 0) is 47.7 Å². The van der Waals surface area contributed by atoms with Crippen LogP contribution in [0.15, 0.2) is 59.2 Å². The maximum Gasteiger partial charge on any atom is 0.275 e. The van der Waals surface area contributed by atoms with Crippen molar-refractivity contribution in [3.63, 3.8) is 0 Å². The third-order valence-corrected chi connectivity index (χ3v) is 4.25. The Morgan fingerprint density at radius 1 is 1.00 bits per heavy atom. The molecule has 1 N–H and O–H groups in total. The van der Waals surface area contributed by atoms with Crippen LogP contribution < -0.4 is 5.32 Å². The Hall–Kier alpha value is -2.39. The van der Waals surface area contributed by atoms with Crippen molar-refractivity contribution in [3.8, 4) is 0 Å². The maximum absolute atomic E-state index is 12.1. The number of aliphatic imine (C=N–C) groups is 1. The second kappa shape index (κ2) is 7.45. The summed E-state index contributed by atoms with van der Waals surface area (Å²) in [6, 6.07) is 15.9. The lowest BCUT2D eigenvalue weighted by molar-refractivity contribution is -0.115. The van der Waals surface area contributed by atoms with Crippen molar-refractivity contribution in [2.24, 2.45) is 4.99 Å². The molecule has 3 rings (SSSR count). The van der Waals surface area contributed by atoms with Crippen molar-refractivity contribution in [2.45, 2.75) is 26.2 Å². The minimum atomic E-state index is -0.138. The number of benzene rings is 2. The van der Waals surface area contributed by atoms with Gasteiger partial charge in [0.15, 0.2) is 0 Å². The number of hydrogen-bond donors (Lipinski definition) is 1. The number of amides is 1. The topological polar surface area (TPSA) is 41.5 Å². The summed E-state index contributed by atoms with van der Waals surface area (Å²) in [4.78, 5) is 16.5. The van der Waals surface area contributed by atoms with Crippen molar-refractivity contribution in [2.75, 3.05) is 0 Å². The van der Waals surface area contributed by atoms with Gasteiger partial charge in [-0.1, -0.05) is 54.9 Å². The first kappa shape index (κ1) is 16.5. The fraction of sp³-hybridized carbons (Fsp3) is 0.200. The lowest BCUT2D eigenvalue weighted by Gasteiger charge is -2.01. The first-order valence-corrected chi connectivity index (χ1v) is 8.46. The average Bonchev–Trinajstić information content (AvgIpc) is 2.95. The molecular weight excluding hydrogens is 320 g/mol. The first-order chi connectivity index (χ1) is 11.6. The molecule has 0 radical (unpaired) electrons. The molecule has 3 nitrogen and oxygen atoms in total. The van der Waals surface area contributed by atoms with Crippen LogP contribution in [0, 0.1) is 0 Å². The molecule has 0 bridgehead atoms. The molecule has 0 spiro atoms. The zero-order chi connectivity index (χ0) is 16.9. The number of nitrogens with zero attached hydrogens (tertiary/aromatic N) is 1. The van der Waals surface area contributed by atoms with Crippen LogP contribution in [0.1, 0.15) is 30.0 Å². The molecular formula is C20H19ClN2O. The van der Waals surface area contributed by atoms with Crippen molar-refractivity contribution in [3.05, 3.63) is 75.9 Å². The molecule has 4 heteroatoms. The van der Waals surface area contributed by atoms with E-state index in [1.54, 1.807) is 0 Å². The molecule has 2 aromatic rings. The van der Waals surface area contributed by atoms with E-state index in [1.807, 2.05) is 42.5 Å². The molecule has 0 aliphatic carbocycles. The number of rotatable bonds is 5. The van der Waals surface area contributed by atoms with Crippen LogP contribution in [0.25, 0.3) is 6.08 Å².